The van der Waals surface area contributed by atoms with Crippen molar-refractivity contribution >= 4 is 12.0 Å². The molecule has 21 heavy (non-hydrogen) atoms. The molecule has 0 aromatic heterocycles. The molecule has 0 saturated carbocycles. The van der Waals surface area contributed by atoms with Crippen molar-refractivity contribution in [3.8, 4) is 0 Å². The number of likely N-dealkylation sites (tertiary alicyclic amines) is 1. The number of nitrogens with one attached hydrogen (secondary N) is 1. The minimum atomic E-state index is -0.736. The number of carboxylic acids is 1. The van der Waals surface area contributed by atoms with E-state index in [0.717, 1.165) is 32.4 Å². The first-order valence-corrected chi connectivity index (χ1v) is 8.18. The molecule has 5 heteroatoms. The number of urea groups is 1. The van der Waals surface area contributed by atoms with E-state index in [0.29, 0.717) is 30.7 Å². The van der Waals surface area contributed by atoms with Gasteiger partial charge >= 0.3 is 12.0 Å². The monoisotopic (exact) mass is 298 g/mol. The molecule has 1 aliphatic heterocycles. The maximum Gasteiger partial charge on any atom is 0.317 e. The van der Waals surface area contributed by atoms with Crippen molar-refractivity contribution in [2.24, 2.45) is 17.8 Å². The molecule has 1 rings (SSSR count). The van der Waals surface area contributed by atoms with Crippen molar-refractivity contribution < 1.29 is 14.7 Å². The SMILES string of the molecule is CCCC(CCNC(=O)N1CC(C)C(C)C1)CCC(=O)O. The topological polar surface area (TPSA) is 69.6 Å². The highest BCUT2D eigenvalue weighted by Gasteiger charge is 2.29. The van der Waals surface area contributed by atoms with Gasteiger partial charge in [-0.3, -0.25) is 4.79 Å². The van der Waals surface area contributed by atoms with Gasteiger partial charge in [0.15, 0.2) is 0 Å². The summed E-state index contributed by atoms with van der Waals surface area (Å²) < 4.78 is 0. The minimum Gasteiger partial charge on any atom is -0.481 e. The first-order chi connectivity index (χ1) is 9.93. The number of carbonyl (C=O) groups excluding carboxylic acids is 1. The van der Waals surface area contributed by atoms with Crippen LogP contribution in [0.2, 0.25) is 0 Å². The first-order valence-electron chi connectivity index (χ1n) is 8.18. The Morgan fingerprint density at radius 1 is 1.19 bits per heavy atom. The molecule has 0 aromatic carbocycles. The summed E-state index contributed by atoms with van der Waals surface area (Å²) in [6, 6.07) is 0.0275. The molecule has 0 aromatic rings. The number of amides is 2. The molecule has 1 aliphatic rings. The quantitative estimate of drug-likeness (QED) is 0.724. The van der Waals surface area contributed by atoms with E-state index in [2.05, 4.69) is 26.1 Å². The van der Waals surface area contributed by atoms with Gasteiger partial charge in [0.05, 0.1) is 0 Å². The van der Waals surface area contributed by atoms with Crippen molar-refractivity contribution in [3.63, 3.8) is 0 Å². The van der Waals surface area contributed by atoms with Gasteiger partial charge in [-0.1, -0.05) is 33.6 Å². The Labute approximate surface area is 128 Å². The lowest BCUT2D eigenvalue weighted by Gasteiger charge is -2.19. The fourth-order valence-corrected chi connectivity index (χ4v) is 2.96. The standard InChI is InChI=1S/C16H30N2O3/c1-4-5-14(6-7-15(19)20)8-9-17-16(21)18-10-12(2)13(3)11-18/h12-14H,4-11H2,1-3H3,(H,17,21)(H,19,20). The Kier molecular flexibility index (Phi) is 7.54. The van der Waals surface area contributed by atoms with Gasteiger partial charge in [-0.05, 0) is 30.6 Å². The highest BCUT2D eigenvalue weighted by Crippen LogP contribution is 2.22. The number of carboxylic acid groups (broad SMARTS) is 1. The van der Waals surface area contributed by atoms with Crippen molar-refractivity contribution in [2.75, 3.05) is 19.6 Å². The van der Waals surface area contributed by atoms with Crippen LogP contribution in [0.25, 0.3) is 0 Å². The lowest BCUT2D eigenvalue weighted by Crippen LogP contribution is -2.39. The lowest BCUT2D eigenvalue weighted by molar-refractivity contribution is -0.137. The molecule has 0 spiro atoms. The van der Waals surface area contributed by atoms with Crippen LogP contribution in [0, 0.1) is 17.8 Å². The number of hydrogen-bond donors (Lipinski definition) is 2. The summed E-state index contributed by atoms with van der Waals surface area (Å²) in [6.45, 7) is 8.79. The largest absolute Gasteiger partial charge is 0.481 e. The molecule has 1 saturated heterocycles. The second-order valence-electron chi connectivity index (χ2n) is 6.47. The van der Waals surface area contributed by atoms with Gasteiger partial charge in [0.25, 0.3) is 0 Å². The maximum absolute atomic E-state index is 12.1. The molecule has 122 valence electrons. The second-order valence-corrected chi connectivity index (χ2v) is 6.47. The van der Waals surface area contributed by atoms with Crippen LogP contribution in [0.5, 0.6) is 0 Å². The summed E-state index contributed by atoms with van der Waals surface area (Å²) >= 11 is 0. The Hall–Kier alpha value is -1.26. The van der Waals surface area contributed by atoms with E-state index in [1.807, 2.05) is 4.90 Å². The number of rotatable bonds is 8. The number of aliphatic carboxylic acids is 1. The fourth-order valence-electron chi connectivity index (χ4n) is 2.96. The smallest absolute Gasteiger partial charge is 0.317 e. The Morgan fingerprint density at radius 2 is 1.81 bits per heavy atom. The number of hydrogen-bond acceptors (Lipinski definition) is 2. The van der Waals surface area contributed by atoms with Gasteiger partial charge in [0, 0.05) is 26.1 Å². The third kappa shape index (κ3) is 6.36. The molecule has 3 unspecified atom stereocenters. The lowest BCUT2D eigenvalue weighted by atomic mass is 9.94. The molecular formula is C16H30N2O3. The first kappa shape index (κ1) is 17.8. The van der Waals surface area contributed by atoms with E-state index < -0.39 is 5.97 Å². The summed E-state index contributed by atoms with van der Waals surface area (Å²) in [6.07, 6.45) is 3.88. The Bertz CT molecular complexity index is 336. The van der Waals surface area contributed by atoms with Crippen LogP contribution in [-0.2, 0) is 4.79 Å². The molecule has 1 heterocycles. The van der Waals surface area contributed by atoms with Crippen LogP contribution in [0.15, 0.2) is 0 Å². The van der Waals surface area contributed by atoms with Crippen LogP contribution in [0.4, 0.5) is 4.79 Å². The highest BCUT2D eigenvalue weighted by atomic mass is 16.4. The normalized spacial score (nSPS) is 23.1. The van der Waals surface area contributed by atoms with E-state index in [1.165, 1.54) is 0 Å². The summed E-state index contributed by atoms with van der Waals surface area (Å²) in [7, 11) is 0. The van der Waals surface area contributed by atoms with E-state index in [9.17, 15) is 9.59 Å². The summed E-state index contributed by atoms with van der Waals surface area (Å²) in [5.74, 6) is 0.793. The fraction of sp³-hybridized carbons (Fsp3) is 0.875. The van der Waals surface area contributed by atoms with Crippen molar-refractivity contribution in [3.05, 3.63) is 0 Å². The summed E-state index contributed by atoms with van der Waals surface area (Å²) in [4.78, 5) is 24.6. The highest BCUT2D eigenvalue weighted by molar-refractivity contribution is 5.74. The van der Waals surface area contributed by atoms with Gasteiger partial charge in [-0.25, -0.2) is 4.79 Å². The van der Waals surface area contributed by atoms with Crippen molar-refractivity contribution in [1.29, 1.82) is 0 Å². The average Bonchev–Trinajstić information content (AvgIpc) is 2.76. The zero-order valence-corrected chi connectivity index (χ0v) is 13.6. The molecule has 0 bridgehead atoms. The number of nitrogens with zero attached hydrogens (tertiary/aromatic N) is 1. The Morgan fingerprint density at radius 3 is 2.33 bits per heavy atom. The third-order valence-corrected chi connectivity index (χ3v) is 4.57. The van der Waals surface area contributed by atoms with Crippen molar-refractivity contribution in [1.82, 2.24) is 10.2 Å². The summed E-state index contributed by atoms with van der Waals surface area (Å²) in [5, 5.41) is 11.7. The third-order valence-electron chi connectivity index (χ3n) is 4.57. The zero-order chi connectivity index (χ0) is 15.8. The van der Waals surface area contributed by atoms with Gasteiger partial charge in [0.2, 0.25) is 0 Å². The molecule has 1 fully saturated rings. The Balaban J connectivity index is 2.26. The van der Waals surface area contributed by atoms with Crippen LogP contribution in [0.1, 0.15) is 52.9 Å². The van der Waals surface area contributed by atoms with E-state index >= 15 is 0 Å². The van der Waals surface area contributed by atoms with Crippen LogP contribution in [0.3, 0.4) is 0 Å². The van der Waals surface area contributed by atoms with Gasteiger partial charge < -0.3 is 15.3 Å². The van der Waals surface area contributed by atoms with Crippen LogP contribution in [-0.4, -0.2) is 41.6 Å². The molecular weight excluding hydrogens is 268 g/mol. The minimum absolute atomic E-state index is 0.0275. The van der Waals surface area contributed by atoms with E-state index in [-0.39, 0.29) is 12.5 Å². The number of carbonyl (C=O) groups is 2. The molecule has 0 radical (unpaired) electrons. The molecule has 5 nitrogen and oxygen atoms in total. The van der Waals surface area contributed by atoms with Crippen molar-refractivity contribution in [2.45, 2.75) is 52.9 Å². The van der Waals surface area contributed by atoms with E-state index in [4.69, 9.17) is 5.11 Å². The van der Waals surface area contributed by atoms with E-state index in [1.54, 1.807) is 0 Å². The second kappa shape index (κ2) is 8.90. The maximum atomic E-state index is 12.1. The predicted molar refractivity (Wildman–Crippen MR) is 83.2 cm³/mol. The average molecular weight is 298 g/mol. The molecule has 2 N–H and O–H groups in total. The molecule has 0 aliphatic carbocycles. The molecule has 2 amide bonds. The van der Waals surface area contributed by atoms with Crippen LogP contribution < -0.4 is 5.32 Å². The van der Waals surface area contributed by atoms with Crippen LogP contribution >= 0.6 is 0 Å². The van der Waals surface area contributed by atoms with Gasteiger partial charge in [-0.15, -0.1) is 0 Å². The molecule has 3 atom stereocenters. The predicted octanol–water partition coefficient (Wildman–Crippen LogP) is 2.96. The van der Waals surface area contributed by atoms with Gasteiger partial charge in [-0.2, -0.15) is 0 Å². The zero-order valence-electron chi connectivity index (χ0n) is 13.6. The summed E-state index contributed by atoms with van der Waals surface area (Å²) in [5.41, 5.74) is 0. The van der Waals surface area contributed by atoms with Gasteiger partial charge in [0.1, 0.15) is 0 Å².